The number of nitrogens with zero attached hydrogens (tertiary/aromatic N) is 1. The lowest BCUT2D eigenvalue weighted by molar-refractivity contribution is 0.315. The number of guanidine groups is 1. The second kappa shape index (κ2) is 9.44. The molecule has 1 aliphatic rings. The van der Waals surface area contributed by atoms with Gasteiger partial charge in [-0.25, -0.2) is 4.99 Å². The van der Waals surface area contributed by atoms with E-state index in [1.54, 1.807) is 14.2 Å². The molecule has 1 saturated carbocycles. The fourth-order valence-corrected chi connectivity index (χ4v) is 2.89. The third-order valence-electron chi connectivity index (χ3n) is 3.72. The first-order chi connectivity index (χ1) is 10.1. The molecule has 0 amide bonds. The quantitative estimate of drug-likeness (QED) is 0.370. The summed E-state index contributed by atoms with van der Waals surface area (Å²) in [7, 11) is 3.23. The zero-order valence-corrected chi connectivity index (χ0v) is 16.8. The molecule has 0 heterocycles. The standard InChI is InChI=1S/C15H22BrN3O2.HI/c1-20-13-7-11(6-12(16)14(13)21-2)9-19-15(17)18-8-10-4-3-5-10;/h6-7,10H,3-5,8-9H2,1-2H3,(H3,17,18,19);1H. The molecule has 3 N–H and O–H groups in total. The number of halogens is 2. The largest absolute Gasteiger partial charge is 0.493 e. The van der Waals surface area contributed by atoms with E-state index >= 15 is 0 Å². The first-order valence-electron chi connectivity index (χ1n) is 7.08. The Morgan fingerprint density at radius 1 is 1.36 bits per heavy atom. The molecule has 0 spiro atoms. The van der Waals surface area contributed by atoms with Crippen molar-refractivity contribution in [3.8, 4) is 11.5 Å². The average molecular weight is 484 g/mol. The Labute approximate surface area is 157 Å². The van der Waals surface area contributed by atoms with Crippen LogP contribution in [-0.4, -0.2) is 26.7 Å². The van der Waals surface area contributed by atoms with Gasteiger partial charge in [-0.3, -0.25) is 0 Å². The highest BCUT2D eigenvalue weighted by Crippen LogP contribution is 2.36. The summed E-state index contributed by atoms with van der Waals surface area (Å²) in [5.41, 5.74) is 6.89. The molecule has 7 heteroatoms. The van der Waals surface area contributed by atoms with E-state index in [1.807, 2.05) is 12.1 Å². The third kappa shape index (κ3) is 5.19. The zero-order valence-electron chi connectivity index (χ0n) is 12.9. The second-order valence-corrected chi connectivity index (χ2v) is 6.05. The van der Waals surface area contributed by atoms with Crippen molar-refractivity contribution in [2.45, 2.75) is 25.8 Å². The summed E-state index contributed by atoms with van der Waals surface area (Å²) in [6.07, 6.45) is 3.93. The number of ether oxygens (including phenoxy) is 2. The lowest BCUT2D eigenvalue weighted by Gasteiger charge is -2.25. The maximum absolute atomic E-state index is 5.88. The van der Waals surface area contributed by atoms with Crippen LogP contribution in [0, 0.1) is 5.92 Å². The van der Waals surface area contributed by atoms with E-state index < -0.39 is 0 Å². The van der Waals surface area contributed by atoms with E-state index in [-0.39, 0.29) is 24.0 Å². The Morgan fingerprint density at radius 2 is 2.09 bits per heavy atom. The highest BCUT2D eigenvalue weighted by Gasteiger charge is 2.16. The summed E-state index contributed by atoms with van der Waals surface area (Å²) in [6.45, 7) is 1.42. The molecule has 1 aliphatic carbocycles. The maximum atomic E-state index is 5.88. The molecule has 0 aliphatic heterocycles. The summed E-state index contributed by atoms with van der Waals surface area (Å²) in [5, 5.41) is 3.18. The topological polar surface area (TPSA) is 68.9 Å². The highest BCUT2D eigenvalue weighted by atomic mass is 127. The van der Waals surface area contributed by atoms with Gasteiger partial charge in [0, 0.05) is 6.54 Å². The Kier molecular flexibility index (Phi) is 8.30. The van der Waals surface area contributed by atoms with Crippen molar-refractivity contribution in [3.05, 3.63) is 22.2 Å². The van der Waals surface area contributed by atoms with Crippen LogP contribution in [0.25, 0.3) is 0 Å². The Hall–Kier alpha value is -0.700. The van der Waals surface area contributed by atoms with Crippen molar-refractivity contribution in [1.29, 1.82) is 0 Å². The molecule has 124 valence electrons. The van der Waals surface area contributed by atoms with Gasteiger partial charge >= 0.3 is 0 Å². The highest BCUT2D eigenvalue weighted by molar-refractivity contribution is 14.0. The van der Waals surface area contributed by atoms with Crippen LogP contribution in [0.4, 0.5) is 0 Å². The smallest absolute Gasteiger partial charge is 0.188 e. The van der Waals surface area contributed by atoms with Gasteiger partial charge in [-0.05, 0) is 52.4 Å². The van der Waals surface area contributed by atoms with Gasteiger partial charge in [0.2, 0.25) is 0 Å². The van der Waals surface area contributed by atoms with Crippen molar-refractivity contribution >= 4 is 45.9 Å². The molecule has 1 fully saturated rings. The lowest BCUT2D eigenvalue weighted by atomic mass is 9.85. The van der Waals surface area contributed by atoms with Crippen molar-refractivity contribution in [3.63, 3.8) is 0 Å². The van der Waals surface area contributed by atoms with E-state index in [0.29, 0.717) is 24.0 Å². The van der Waals surface area contributed by atoms with Gasteiger partial charge in [-0.15, -0.1) is 24.0 Å². The first kappa shape index (κ1) is 19.3. The van der Waals surface area contributed by atoms with Crippen LogP contribution in [0.15, 0.2) is 21.6 Å². The second-order valence-electron chi connectivity index (χ2n) is 5.19. The minimum atomic E-state index is 0. The van der Waals surface area contributed by atoms with Gasteiger partial charge < -0.3 is 20.5 Å². The number of aliphatic imine (C=N–C) groups is 1. The molecule has 2 rings (SSSR count). The zero-order chi connectivity index (χ0) is 15.2. The van der Waals surface area contributed by atoms with Crippen LogP contribution in [0.1, 0.15) is 24.8 Å². The lowest BCUT2D eigenvalue weighted by Crippen LogP contribution is -2.37. The maximum Gasteiger partial charge on any atom is 0.188 e. The molecule has 1 aromatic rings. The molecule has 5 nitrogen and oxygen atoms in total. The normalized spacial score (nSPS) is 14.8. The van der Waals surface area contributed by atoms with Gasteiger partial charge in [0.05, 0.1) is 25.2 Å². The predicted molar refractivity (Wildman–Crippen MR) is 103 cm³/mol. The van der Waals surface area contributed by atoms with Gasteiger partial charge in [0.15, 0.2) is 17.5 Å². The van der Waals surface area contributed by atoms with Gasteiger partial charge in [-0.2, -0.15) is 0 Å². The van der Waals surface area contributed by atoms with Crippen molar-refractivity contribution in [1.82, 2.24) is 5.32 Å². The number of hydrogen-bond acceptors (Lipinski definition) is 3. The number of nitrogens with two attached hydrogens (primary N) is 1. The van der Waals surface area contributed by atoms with Crippen LogP contribution in [0.3, 0.4) is 0 Å². The number of nitrogens with one attached hydrogen (secondary N) is 1. The number of hydrogen-bond donors (Lipinski definition) is 2. The Balaban J connectivity index is 0.00000242. The van der Waals surface area contributed by atoms with Crippen LogP contribution in [0.5, 0.6) is 11.5 Å². The van der Waals surface area contributed by atoms with Crippen LogP contribution in [-0.2, 0) is 6.54 Å². The minimum Gasteiger partial charge on any atom is -0.493 e. The fraction of sp³-hybridized carbons (Fsp3) is 0.533. The molecule has 0 atom stereocenters. The fourth-order valence-electron chi connectivity index (χ4n) is 2.24. The summed E-state index contributed by atoms with van der Waals surface area (Å²) >= 11 is 3.47. The SMILES string of the molecule is COc1cc(CN=C(N)NCC2CCC2)cc(Br)c1OC.I. The van der Waals surface area contributed by atoms with Crippen LogP contribution >= 0.6 is 39.9 Å². The summed E-state index contributed by atoms with van der Waals surface area (Å²) in [6, 6.07) is 3.87. The Morgan fingerprint density at radius 3 is 2.64 bits per heavy atom. The molecule has 0 bridgehead atoms. The molecular formula is C15H23BrIN3O2. The molecule has 22 heavy (non-hydrogen) atoms. The van der Waals surface area contributed by atoms with Crippen molar-refractivity contribution in [2.75, 3.05) is 20.8 Å². The van der Waals surface area contributed by atoms with Crippen LogP contribution in [0.2, 0.25) is 0 Å². The monoisotopic (exact) mass is 483 g/mol. The number of benzene rings is 1. The van der Waals surface area contributed by atoms with Gasteiger partial charge in [0.25, 0.3) is 0 Å². The molecule has 0 aromatic heterocycles. The first-order valence-corrected chi connectivity index (χ1v) is 7.87. The number of methoxy groups -OCH3 is 2. The molecule has 0 saturated heterocycles. The Bertz CT molecular complexity index is 522. The average Bonchev–Trinajstić information content (AvgIpc) is 2.42. The van der Waals surface area contributed by atoms with E-state index in [4.69, 9.17) is 15.2 Å². The summed E-state index contributed by atoms with van der Waals surface area (Å²) in [4.78, 5) is 4.36. The molecule has 0 radical (unpaired) electrons. The van der Waals surface area contributed by atoms with Crippen molar-refractivity contribution < 1.29 is 9.47 Å². The molecule has 1 aromatic carbocycles. The predicted octanol–water partition coefficient (Wildman–Crippen LogP) is 3.29. The summed E-state index contributed by atoms with van der Waals surface area (Å²) < 4.78 is 11.4. The van der Waals surface area contributed by atoms with Crippen LogP contribution < -0.4 is 20.5 Å². The van der Waals surface area contributed by atoms with E-state index in [2.05, 4.69) is 26.2 Å². The molecule has 0 unspecified atom stereocenters. The van der Waals surface area contributed by atoms with E-state index in [1.165, 1.54) is 19.3 Å². The third-order valence-corrected chi connectivity index (χ3v) is 4.31. The van der Waals surface area contributed by atoms with Crippen molar-refractivity contribution in [2.24, 2.45) is 16.6 Å². The van der Waals surface area contributed by atoms with Gasteiger partial charge in [-0.1, -0.05) is 6.42 Å². The number of rotatable bonds is 6. The molecular weight excluding hydrogens is 461 g/mol. The minimum absolute atomic E-state index is 0. The van der Waals surface area contributed by atoms with E-state index in [9.17, 15) is 0 Å². The summed E-state index contributed by atoms with van der Waals surface area (Å²) in [5.74, 6) is 2.61. The van der Waals surface area contributed by atoms with Gasteiger partial charge in [0.1, 0.15) is 0 Å². The van der Waals surface area contributed by atoms with E-state index in [0.717, 1.165) is 22.5 Å².